The molecule has 0 amide bonds. The van der Waals surface area contributed by atoms with Crippen molar-refractivity contribution in [3.05, 3.63) is 11.6 Å². The Morgan fingerprint density at radius 2 is 2.22 bits per heavy atom. The number of rotatable bonds is 2. The van der Waals surface area contributed by atoms with Crippen LogP contribution in [0.15, 0.2) is 11.6 Å². The minimum Gasteiger partial charge on any atom is -0.193 e. The van der Waals surface area contributed by atoms with E-state index in [0.29, 0.717) is 5.92 Å². The van der Waals surface area contributed by atoms with Gasteiger partial charge in [-0.25, -0.2) is 0 Å². The van der Waals surface area contributed by atoms with Crippen molar-refractivity contribution in [1.82, 2.24) is 0 Å². The molecule has 9 heavy (non-hydrogen) atoms. The Hall–Kier alpha value is -0.770. The maximum absolute atomic E-state index is 8.22. The van der Waals surface area contributed by atoms with Crippen molar-refractivity contribution in [2.24, 2.45) is 5.92 Å². The van der Waals surface area contributed by atoms with E-state index in [0.717, 1.165) is 6.42 Å². The van der Waals surface area contributed by atoms with E-state index in [2.05, 4.69) is 13.8 Å². The van der Waals surface area contributed by atoms with Gasteiger partial charge >= 0.3 is 0 Å². The van der Waals surface area contributed by atoms with Crippen molar-refractivity contribution in [1.29, 1.82) is 5.26 Å². The molecule has 0 N–H and O–H groups in total. The van der Waals surface area contributed by atoms with Crippen LogP contribution in [0.3, 0.4) is 0 Å². The van der Waals surface area contributed by atoms with E-state index in [1.54, 1.807) is 6.08 Å². The van der Waals surface area contributed by atoms with E-state index in [1.165, 1.54) is 5.57 Å². The van der Waals surface area contributed by atoms with Gasteiger partial charge < -0.3 is 0 Å². The Bertz CT molecular complexity index is 137. The first-order valence-electron chi connectivity index (χ1n) is 3.22. The lowest BCUT2D eigenvalue weighted by Crippen LogP contribution is -1.86. The first kappa shape index (κ1) is 8.23. The minimum atomic E-state index is 0.662. The van der Waals surface area contributed by atoms with Crippen LogP contribution in [0.25, 0.3) is 0 Å². The van der Waals surface area contributed by atoms with E-state index in [-0.39, 0.29) is 0 Å². The van der Waals surface area contributed by atoms with Gasteiger partial charge in [0.05, 0.1) is 6.07 Å². The van der Waals surface area contributed by atoms with Gasteiger partial charge in [0.2, 0.25) is 0 Å². The zero-order valence-electron chi connectivity index (χ0n) is 6.31. The third-order valence-electron chi connectivity index (χ3n) is 1.04. The monoisotopic (exact) mass is 123 g/mol. The lowest BCUT2D eigenvalue weighted by molar-refractivity contribution is 0.642. The summed E-state index contributed by atoms with van der Waals surface area (Å²) in [5, 5.41) is 8.22. The number of nitrogens with zero attached hydrogens (tertiary/aromatic N) is 1. The Morgan fingerprint density at radius 3 is 2.56 bits per heavy atom. The maximum Gasteiger partial charge on any atom is 0.0911 e. The van der Waals surface area contributed by atoms with Gasteiger partial charge in [-0.3, -0.25) is 0 Å². The number of hydrogen-bond donors (Lipinski definition) is 0. The Labute approximate surface area is 57.0 Å². The van der Waals surface area contributed by atoms with Crippen LogP contribution in [-0.2, 0) is 0 Å². The van der Waals surface area contributed by atoms with E-state index in [9.17, 15) is 0 Å². The molecule has 0 aliphatic rings. The van der Waals surface area contributed by atoms with Gasteiger partial charge in [-0.05, 0) is 19.3 Å². The molecule has 1 heteroatoms. The quantitative estimate of drug-likeness (QED) is 0.517. The standard InChI is InChI=1S/C8H13N/c1-7(2)6-8(3)4-5-9/h4,7H,6H2,1-3H3/b8-4-. The maximum atomic E-state index is 8.22. The van der Waals surface area contributed by atoms with Crippen molar-refractivity contribution in [2.75, 3.05) is 0 Å². The van der Waals surface area contributed by atoms with E-state index >= 15 is 0 Å². The Kier molecular flexibility index (Phi) is 3.79. The summed E-state index contributed by atoms with van der Waals surface area (Å²) in [6.45, 7) is 6.28. The summed E-state index contributed by atoms with van der Waals surface area (Å²) in [5.74, 6) is 0.662. The largest absolute Gasteiger partial charge is 0.193 e. The average Bonchev–Trinajstić information content (AvgIpc) is 1.63. The normalized spacial score (nSPS) is 11.7. The van der Waals surface area contributed by atoms with Gasteiger partial charge in [-0.15, -0.1) is 0 Å². The van der Waals surface area contributed by atoms with Crippen LogP contribution in [0.2, 0.25) is 0 Å². The summed E-state index contributed by atoms with van der Waals surface area (Å²) < 4.78 is 0. The average molecular weight is 123 g/mol. The van der Waals surface area contributed by atoms with Crippen molar-refractivity contribution < 1.29 is 0 Å². The van der Waals surface area contributed by atoms with Crippen LogP contribution in [0.5, 0.6) is 0 Å². The first-order chi connectivity index (χ1) is 4.16. The summed E-state index contributed by atoms with van der Waals surface area (Å²) in [7, 11) is 0. The number of nitriles is 1. The summed E-state index contributed by atoms with van der Waals surface area (Å²) >= 11 is 0. The molecule has 0 bridgehead atoms. The molecule has 0 fully saturated rings. The van der Waals surface area contributed by atoms with E-state index in [4.69, 9.17) is 5.26 Å². The van der Waals surface area contributed by atoms with E-state index in [1.807, 2.05) is 13.0 Å². The molecule has 0 atom stereocenters. The third-order valence-corrected chi connectivity index (χ3v) is 1.04. The smallest absolute Gasteiger partial charge is 0.0911 e. The Balaban J connectivity index is 3.66. The van der Waals surface area contributed by atoms with Crippen molar-refractivity contribution >= 4 is 0 Å². The molecule has 0 aromatic rings. The lowest BCUT2D eigenvalue weighted by atomic mass is 10.0. The fourth-order valence-electron chi connectivity index (χ4n) is 0.813. The van der Waals surface area contributed by atoms with Crippen LogP contribution < -0.4 is 0 Å². The molecule has 0 unspecified atom stereocenters. The molecular weight excluding hydrogens is 110 g/mol. The molecule has 0 rings (SSSR count). The molecule has 0 heterocycles. The lowest BCUT2D eigenvalue weighted by Gasteiger charge is -2.01. The first-order valence-corrected chi connectivity index (χ1v) is 3.22. The van der Waals surface area contributed by atoms with Crippen LogP contribution in [0.4, 0.5) is 0 Å². The highest BCUT2D eigenvalue weighted by Gasteiger charge is 1.93. The zero-order valence-corrected chi connectivity index (χ0v) is 6.31. The minimum absolute atomic E-state index is 0.662. The summed E-state index contributed by atoms with van der Waals surface area (Å²) in [5.41, 5.74) is 1.17. The molecule has 0 aromatic carbocycles. The second-order valence-corrected chi connectivity index (χ2v) is 2.72. The highest BCUT2D eigenvalue weighted by Crippen LogP contribution is 2.08. The molecule has 0 aliphatic heterocycles. The molecule has 0 saturated heterocycles. The fraction of sp³-hybridized carbons (Fsp3) is 0.625. The molecular formula is C8H13N. The second-order valence-electron chi connectivity index (χ2n) is 2.72. The van der Waals surface area contributed by atoms with Gasteiger partial charge in [0.1, 0.15) is 0 Å². The van der Waals surface area contributed by atoms with Gasteiger partial charge in [-0.2, -0.15) is 5.26 Å². The van der Waals surface area contributed by atoms with Gasteiger partial charge in [0.15, 0.2) is 0 Å². The Morgan fingerprint density at radius 1 is 1.67 bits per heavy atom. The molecule has 0 saturated carbocycles. The van der Waals surface area contributed by atoms with Gasteiger partial charge in [0.25, 0.3) is 0 Å². The van der Waals surface area contributed by atoms with Crippen molar-refractivity contribution in [2.45, 2.75) is 27.2 Å². The number of allylic oxidation sites excluding steroid dienone is 2. The summed E-state index contributed by atoms with van der Waals surface area (Å²) in [6, 6.07) is 2.01. The number of hydrogen-bond acceptors (Lipinski definition) is 1. The molecule has 1 nitrogen and oxygen atoms in total. The highest BCUT2D eigenvalue weighted by atomic mass is 14.2. The van der Waals surface area contributed by atoms with Crippen LogP contribution in [0.1, 0.15) is 27.2 Å². The van der Waals surface area contributed by atoms with Gasteiger partial charge in [0, 0.05) is 6.08 Å². The summed E-state index contributed by atoms with van der Waals surface area (Å²) in [4.78, 5) is 0. The topological polar surface area (TPSA) is 23.8 Å². The molecule has 0 radical (unpaired) electrons. The van der Waals surface area contributed by atoms with E-state index < -0.39 is 0 Å². The van der Waals surface area contributed by atoms with Crippen LogP contribution >= 0.6 is 0 Å². The predicted molar refractivity (Wildman–Crippen MR) is 38.8 cm³/mol. The second kappa shape index (κ2) is 4.14. The summed E-state index contributed by atoms with van der Waals surface area (Å²) in [6.07, 6.45) is 2.65. The zero-order chi connectivity index (χ0) is 7.28. The van der Waals surface area contributed by atoms with Crippen LogP contribution in [0, 0.1) is 17.2 Å². The molecule has 50 valence electrons. The SMILES string of the molecule is C/C(=C/C#N)CC(C)C. The molecule has 0 aromatic heterocycles. The molecule has 0 spiro atoms. The fourth-order valence-corrected chi connectivity index (χ4v) is 0.813. The highest BCUT2D eigenvalue weighted by molar-refractivity contribution is 5.11. The predicted octanol–water partition coefficient (Wildman–Crippen LogP) is 2.50. The third kappa shape index (κ3) is 5.10. The van der Waals surface area contributed by atoms with Crippen molar-refractivity contribution in [3.63, 3.8) is 0 Å². The molecule has 0 aliphatic carbocycles. The van der Waals surface area contributed by atoms with Crippen LogP contribution in [-0.4, -0.2) is 0 Å². The van der Waals surface area contributed by atoms with Crippen molar-refractivity contribution in [3.8, 4) is 6.07 Å². The van der Waals surface area contributed by atoms with Gasteiger partial charge in [-0.1, -0.05) is 19.4 Å².